The fourth-order valence-electron chi connectivity index (χ4n) is 2.40. The Balaban J connectivity index is 2.29. The lowest BCUT2D eigenvalue weighted by atomic mass is 10.1. The minimum Gasteiger partial charge on any atom is -0.379 e. The molecule has 1 fully saturated rings. The molecule has 2 heterocycles. The third-order valence-corrected chi connectivity index (χ3v) is 3.45. The van der Waals surface area contributed by atoms with Gasteiger partial charge in [-0.3, -0.25) is 0 Å². The molecule has 100 valence electrons. The highest BCUT2D eigenvalue weighted by Crippen LogP contribution is 2.27. The fourth-order valence-corrected chi connectivity index (χ4v) is 2.40. The Hall–Kier alpha value is -1.36. The van der Waals surface area contributed by atoms with Crippen LogP contribution in [-0.2, 0) is 11.2 Å². The largest absolute Gasteiger partial charge is 0.379 e. The minimum atomic E-state index is 0.431. The summed E-state index contributed by atoms with van der Waals surface area (Å²) in [5, 5.41) is 3.16. The highest BCUT2D eigenvalue weighted by atomic mass is 16.5. The van der Waals surface area contributed by atoms with Crippen molar-refractivity contribution >= 4 is 11.6 Å². The molecule has 0 saturated carbocycles. The normalized spacial score (nSPS) is 18.9. The predicted molar refractivity (Wildman–Crippen MR) is 73.2 cm³/mol. The molecule has 0 spiro atoms. The van der Waals surface area contributed by atoms with Crippen molar-refractivity contribution in [3.8, 4) is 0 Å². The number of nitrogens with zero attached hydrogens (tertiary/aromatic N) is 3. The maximum atomic E-state index is 5.46. The first-order valence-electron chi connectivity index (χ1n) is 6.60. The highest BCUT2D eigenvalue weighted by molar-refractivity contribution is 5.58. The van der Waals surface area contributed by atoms with E-state index < -0.39 is 0 Å². The Morgan fingerprint density at radius 3 is 2.94 bits per heavy atom. The van der Waals surface area contributed by atoms with Crippen molar-refractivity contribution in [3.63, 3.8) is 0 Å². The smallest absolute Gasteiger partial charge is 0.137 e. The molecule has 0 radical (unpaired) electrons. The molecule has 1 aliphatic rings. The molecule has 1 saturated heterocycles. The molecular formula is C13H22N4O. The second kappa shape index (κ2) is 6.00. The van der Waals surface area contributed by atoms with E-state index in [1.165, 1.54) is 5.56 Å². The average Bonchev–Trinajstić information content (AvgIpc) is 2.92. The van der Waals surface area contributed by atoms with Crippen LogP contribution in [0.2, 0.25) is 0 Å². The first-order valence-corrected chi connectivity index (χ1v) is 6.60. The maximum absolute atomic E-state index is 5.46. The molecule has 1 aromatic rings. The van der Waals surface area contributed by atoms with Gasteiger partial charge in [0.05, 0.1) is 12.6 Å². The van der Waals surface area contributed by atoms with Crippen molar-refractivity contribution in [2.75, 3.05) is 37.5 Å². The molecule has 0 aliphatic carbocycles. The zero-order chi connectivity index (χ0) is 13.0. The zero-order valence-electron chi connectivity index (χ0n) is 11.4. The van der Waals surface area contributed by atoms with Crippen molar-refractivity contribution in [3.05, 3.63) is 11.9 Å². The fraction of sp³-hybridized carbons (Fsp3) is 0.692. The molecule has 5 nitrogen and oxygen atoms in total. The van der Waals surface area contributed by atoms with Gasteiger partial charge < -0.3 is 15.0 Å². The Bertz CT molecular complexity index is 391. The van der Waals surface area contributed by atoms with E-state index in [0.29, 0.717) is 6.04 Å². The number of rotatable bonds is 5. The van der Waals surface area contributed by atoms with Crippen LogP contribution in [0.5, 0.6) is 0 Å². The summed E-state index contributed by atoms with van der Waals surface area (Å²) in [5.74, 6) is 1.97. The molecule has 2 rings (SSSR count). The number of ether oxygens (including phenoxy) is 1. The van der Waals surface area contributed by atoms with Gasteiger partial charge in [-0.05, 0) is 12.8 Å². The second-order valence-corrected chi connectivity index (χ2v) is 4.65. The van der Waals surface area contributed by atoms with Gasteiger partial charge in [-0.25, -0.2) is 9.97 Å². The van der Waals surface area contributed by atoms with Crippen LogP contribution in [0.4, 0.5) is 11.6 Å². The van der Waals surface area contributed by atoms with Gasteiger partial charge in [0.25, 0.3) is 0 Å². The van der Waals surface area contributed by atoms with Crippen LogP contribution in [0.15, 0.2) is 6.33 Å². The molecule has 1 unspecified atom stereocenters. The SMILES string of the molecule is CCCc1c(NC)ncnc1N(C)C1CCOC1. The molecule has 0 bridgehead atoms. The number of anilines is 2. The van der Waals surface area contributed by atoms with Crippen LogP contribution in [0, 0.1) is 0 Å². The number of aromatic nitrogens is 2. The van der Waals surface area contributed by atoms with Crippen LogP contribution in [0.3, 0.4) is 0 Å². The number of nitrogens with one attached hydrogen (secondary N) is 1. The Morgan fingerprint density at radius 1 is 1.50 bits per heavy atom. The standard InChI is InChI=1S/C13H22N4O/c1-4-5-11-12(14-2)15-9-16-13(11)17(3)10-6-7-18-8-10/h9-10H,4-8H2,1-3H3,(H,14,15,16). The Labute approximate surface area is 109 Å². The van der Waals surface area contributed by atoms with Crippen LogP contribution in [0.1, 0.15) is 25.3 Å². The van der Waals surface area contributed by atoms with Gasteiger partial charge in [0, 0.05) is 26.3 Å². The Morgan fingerprint density at radius 2 is 2.33 bits per heavy atom. The summed E-state index contributed by atoms with van der Waals surface area (Å²) < 4.78 is 5.46. The number of hydrogen-bond donors (Lipinski definition) is 1. The predicted octanol–water partition coefficient (Wildman–Crippen LogP) is 1.70. The van der Waals surface area contributed by atoms with E-state index in [4.69, 9.17) is 4.74 Å². The van der Waals surface area contributed by atoms with E-state index in [9.17, 15) is 0 Å². The first-order chi connectivity index (χ1) is 8.77. The van der Waals surface area contributed by atoms with Crippen molar-refractivity contribution in [1.29, 1.82) is 0 Å². The molecular weight excluding hydrogens is 228 g/mol. The van der Waals surface area contributed by atoms with E-state index in [0.717, 1.165) is 44.1 Å². The quantitative estimate of drug-likeness (QED) is 0.862. The van der Waals surface area contributed by atoms with Gasteiger partial charge >= 0.3 is 0 Å². The molecule has 1 atom stereocenters. The van der Waals surface area contributed by atoms with Gasteiger partial charge in [0.1, 0.15) is 18.0 Å². The van der Waals surface area contributed by atoms with Crippen LogP contribution < -0.4 is 10.2 Å². The third kappa shape index (κ3) is 2.56. The lowest BCUT2D eigenvalue weighted by Gasteiger charge is -2.27. The van der Waals surface area contributed by atoms with Crippen molar-refractivity contribution in [2.45, 2.75) is 32.2 Å². The summed E-state index contributed by atoms with van der Waals surface area (Å²) in [4.78, 5) is 11.0. The van der Waals surface area contributed by atoms with Gasteiger partial charge in [0.15, 0.2) is 0 Å². The molecule has 5 heteroatoms. The summed E-state index contributed by atoms with van der Waals surface area (Å²) >= 11 is 0. The summed E-state index contributed by atoms with van der Waals surface area (Å²) in [6, 6.07) is 0.431. The summed E-state index contributed by atoms with van der Waals surface area (Å²) in [5.41, 5.74) is 1.21. The molecule has 0 amide bonds. The van der Waals surface area contributed by atoms with Gasteiger partial charge in [-0.1, -0.05) is 13.3 Å². The van der Waals surface area contributed by atoms with E-state index in [1.807, 2.05) is 7.05 Å². The van der Waals surface area contributed by atoms with Gasteiger partial charge in [-0.2, -0.15) is 0 Å². The van der Waals surface area contributed by atoms with Crippen molar-refractivity contribution in [1.82, 2.24) is 9.97 Å². The minimum absolute atomic E-state index is 0.431. The maximum Gasteiger partial charge on any atom is 0.137 e. The summed E-state index contributed by atoms with van der Waals surface area (Å²) in [6.45, 7) is 3.82. The molecule has 1 N–H and O–H groups in total. The third-order valence-electron chi connectivity index (χ3n) is 3.45. The van der Waals surface area contributed by atoms with Crippen LogP contribution >= 0.6 is 0 Å². The van der Waals surface area contributed by atoms with E-state index >= 15 is 0 Å². The molecule has 1 aromatic heterocycles. The first kappa shape index (κ1) is 13.1. The summed E-state index contributed by atoms with van der Waals surface area (Å²) in [7, 11) is 4.00. The van der Waals surface area contributed by atoms with Gasteiger partial charge in [-0.15, -0.1) is 0 Å². The van der Waals surface area contributed by atoms with E-state index in [-0.39, 0.29) is 0 Å². The average molecular weight is 250 g/mol. The monoisotopic (exact) mass is 250 g/mol. The molecule has 0 aromatic carbocycles. The highest BCUT2D eigenvalue weighted by Gasteiger charge is 2.24. The van der Waals surface area contributed by atoms with Crippen LogP contribution in [0.25, 0.3) is 0 Å². The lowest BCUT2D eigenvalue weighted by Crippen LogP contribution is -2.33. The van der Waals surface area contributed by atoms with Crippen molar-refractivity contribution in [2.24, 2.45) is 0 Å². The van der Waals surface area contributed by atoms with Crippen molar-refractivity contribution < 1.29 is 4.74 Å². The molecule has 1 aliphatic heterocycles. The zero-order valence-corrected chi connectivity index (χ0v) is 11.4. The summed E-state index contributed by atoms with van der Waals surface area (Å²) in [6.07, 6.45) is 4.78. The second-order valence-electron chi connectivity index (χ2n) is 4.65. The number of likely N-dealkylation sites (N-methyl/N-ethyl adjacent to an activating group) is 1. The lowest BCUT2D eigenvalue weighted by molar-refractivity contribution is 0.193. The van der Waals surface area contributed by atoms with E-state index in [1.54, 1.807) is 6.33 Å². The molecule has 18 heavy (non-hydrogen) atoms. The van der Waals surface area contributed by atoms with Crippen LogP contribution in [-0.4, -0.2) is 43.3 Å². The van der Waals surface area contributed by atoms with E-state index in [2.05, 4.69) is 34.2 Å². The number of hydrogen-bond acceptors (Lipinski definition) is 5. The topological polar surface area (TPSA) is 50.3 Å². The van der Waals surface area contributed by atoms with Gasteiger partial charge in [0.2, 0.25) is 0 Å². The Kier molecular flexibility index (Phi) is 4.36.